The smallest absolute Gasteiger partial charge is 0.244 e. The number of hydrogen-bond acceptors (Lipinski definition) is 5. The van der Waals surface area contributed by atoms with Crippen molar-refractivity contribution < 1.29 is 26.7 Å². The molecule has 1 aromatic rings. The molecule has 0 atom stereocenters. The summed E-state index contributed by atoms with van der Waals surface area (Å²) in [4.78, 5) is 12.3. The molecule has 1 saturated heterocycles. The minimum atomic E-state index is -3.76. The first-order valence-electron chi connectivity index (χ1n) is 7.84. The summed E-state index contributed by atoms with van der Waals surface area (Å²) < 4.78 is 58.6. The molecule has 4 N–H and O–H groups in total. The van der Waals surface area contributed by atoms with Crippen LogP contribution in [-0.4, -0.2) is 38.8 Å². The quantitative estimate of drug-likeness (QED) is 0.697. The first-order chi connectivity index (χ1) is 11.7. The SMILES string of the molecule is CCCS(=O)(=O)Nc1cc(NC(=O)C2(N)CCOCC2)c(F)cc1F. The fraction of sp³-hybridized carbons (Fsp3) is 0.533. The van der Waals surface area contributed by atoms with Gasteiger partial charge in [0.25, 0.3) is 0 Å². The summed E-state index contributed by atoms with van der Waals surface area (Å²) in [6.07, 6.45) is 0.856. The third kappa shape index (κ3) is 4.86. The van der Waals surface area contributed by atoms with Crippen molar-refractivity contribution in [2.45, 2.75) is 31.7 Å². The van der Waals surface area contributed by atoms with Crippen LogP contribution in [-0.2, 0) is 19.6 Å². The van der Waals surface area contributed by atoms with Gasteiger partial charge in [0.15, 0.2) is 0 Å². The molecule has 0 aliphatic carbocycles. The van der Waals surface area contributed by atoms with Gasteiger partial charge >= 0.3 is 0 Å². The van der Waals surface area contributed by atoms with Crippen molar-refractivity contribution in [1.29, 1.82) is 0 Å². The summed E-state index contributed by atoms with van der Waals surface area (Å²) in [5, 5.41) is 2.31. The van der Waals surface area contributed by atoms with E-state index in [1.165, 1.54) is 0 Å². The summed E-state index contributed by atoms with van der Waals surface area (Å²) in [7, 11) is -3.76. The summed E-state index contributed by atoms with van der Waals surface area (Å²) >= 11 is 0. The molecule has 0 unspecified atom stereocenters. The molecule has 1 aliphatic heterocycles. The van der Waals surface area contributed by atoms with E-state index in [1.807, 2.05) is 4.72 Å². The highest BCUT2D eigenvalue weighted by Crippen LogP contribution is 2.26. The number of hydrogen-bond donors (Lipinski definition) is 3. The molecule has 1 fully saturated rings. The van der Waals surface area contributed by atoms with Gasteiger partial charge in [-0.3, -0.25) is 9.52 Å². The van der Waals surface area contributed by atoms with Crippen LogP contribution < -0.4 is 15.8 Å². The van der Waals surface area contributed by atoms with Crippen molar-refractivity contribution >= 4 is 27.3 Å². The molecular weight excluding hydrogens is 356 g/mol. The molecule has 1 aliphatic rings. The second-order valence-electron chi connectivity index (χ2n) is 5.96. The van der Waals surface area contributed by atoms with Gasteiger partial charge in [-0.25, -0.2) is 17.2 Å². The van der Waals surface area contributed by atoms with Gasteiger partial charge in [-0.2, -0.15) is 0 Å². The molecule has 140 valence electrons. The van der Waals surface area contributed by atoms with Crippen LogP contribution in [0.1, 0.15) is 26.2 Å². The Morgan fingerprint density at radius 3 is 2.44 bits per heavy atom. The second-order valence-corrected chi connectivity index (χ2v) is 7.80. The lowest BCUT2D eigenvalue weighted by molar-refractivity contribution is -0.124. The Kier molecular flexibility index (Phi) is 5.96. The number of halogens is 2. The van der Waals surface area contributed by atoms with Crippen molar-refractivity contribution in [3.05, 3.63) is 23.8 Å². The van der Waals surface area contributed by atoms with Crippen LogP contribution >= 0.6 is 0 Å². The maximum Gasteiger partial charge on any atom is 0.244 e. The number of amides is 1. The minimum Gasteiger partial charge on any atom is -0.381 e. The monoisotopic (exact) mass is 377 g/mol. The fourth-order valence-corrected chi connectivity index (χ4v) is 3.55. The maximum atomic E-state index is 14.0. The van der Waals surface area contributed by atoms with Crippen molar-refractivity contribution in [2.24, 2.45) is 5.73 Å². The third-order valence-electron chi connectivity index (χ3n) is 3.88. The lowest BCUT2D eigenvalue weighted by atomic mass is 9.90. The average Bonchev–Trinajstić information content (AvgIpc) is 2.52. The van der Waals surface area contributed by atoms with Crippen LogP contribution in [0.25, 0.3) is 0 Å². The van der Waals surface area contributed by atoms with E-state index in [9.17, 15) is 22.0 Å². The van der Waals surface area contributed by atoms with Crippen molar-refractivity contribution in [1.82, 2.24) is 0 Å². The predicted octanol–water partition coefficient (Wildman–Crippen LogP) is 1.56. The zero-order valence-corrected chi connectivity index (χ0v) is 14.6. The lowest BCUT2D eigenvalue weighted by Crippen LogP contribution is -2.54. The van der Waals surface area contributed by atoms with E-state index in [0.29, 0.717) is 25.7 Å². The van der Waals surface area contributed by atoms with Gasteiger partial charge in [-0.1, -0.05) is 6.92 Å². The van der Waals surface area contributed by atoms with E-state index in [2.05, 4.69) is 5.32 Å². The van der Waals surface area contributed by atoms with Crippen LogP contribution in [0.15, 0.2) is 12.1 Å². The Morgan fingerprint density at radius 1 is 1.24 bits per heavy atom. The van der Waals surface area contributed by atoms with E-state index >= 15 is 0 Å². The van der Waals surface area contributed by atoms with Crippen molar-refractivity contribution in [3.63, 3.8) is 0 Å². The Balaban J connectivity index is 2.23. The number of carbonyl (C=O) groups is 1. The predicted molar refractivity (Wildman–Crippen MR) is 89.7 cm³/mol. The highest BCUT2D eigenvalue weighted by molar-refractivity contribution is 7.92. The highest BCUT2D eigenvalue weighted by Gasteiger charge is 2.36. The molecule has 0 aromatic heterocycles. The number of ether oxygens (including phenoxy) is 1. The topological polar surface area (TPSA) is 111 Å². The molecule has 10 heteroatoms. The number of benzene rings is 1. The number of nitrogens with two attached hydrogens (primary N) is 1. The third-order valence-corrected chi connectivity index (χ3v) is 5.36. The summed E-state index contributed by atoms with van der Waals surface area (Å²) in [5.74, 6) is -2.95. The van der Waals surface area contributed by atoms with Gasteiger partial charge in [-0.15, -0.1) is 0 Å². The Bertz CT molecular complexity index is 749. The molecule has 25 heavy (non-hydrogen) atoms. The molecule has 7 nitrogen and oxygen atoms in total. The number of rotatable bonds is 6. The molecular formula is C15H21F2N3O4S. The van der Waals surface area contributed by atoms with Gasteiger partial charge in [0, 0.05) is 19.3 Å². The Hall–Kier alpha value is -1.78. The van der Waals surface area contributed by atoms with Crippen molar-refractivity contribution in [2.75, 3.05) is 29.0 Å². The Labute approximate surface area is 145 Å². The van der Waals surface area contributed by atoms with E-state index in [-0.39, 0.29) is 24.3 Å². The minimum absolute atomic E-state index is 0.211. The average molecular weight is 377 g/mol. The molecule has 0 spiro atoms. The summed E-state index contributed by atoms with van der Waals surface area (Å²) in [6, 6.07) is 1.41. The van der Waals surface area contributed by atoms with E-state index < -0.39 is 38.8 Å². The van der Waals surface area contributed by atoms with Crippen LogP contribution in [0.5, 0.6) is 0 Å². The normalized spacial score (nSPS) is 17.1. The van der Waals surface area contributed by atoms with E-state index in [1.54, 1.807) is 6.92 Å². The molecule has 0 saturated carbocycles. The molecule has 0 radical (unpaired) electrons. The van der Waals surface area contributed by atoms with Gasteiger partial charge in [0.1, 0.15) is 17.2 Å². The maximum absolute atomic E-state index is 14.0. The first kappa shape index (κ1) is 19.5. The molecule has 0 bridgehead atoms. The van der Waals surface area contributed by atoms with Gasteiger partial charge in [-0.05, 0) is 25.3 Å². The second kappa shape index (κ2) is 7.63. The zero-order chi connectivity index (χ0) is 18.7. The number of carbonyl (C=O) groups excluding carboxylic acids is 1. The number of sulfonamides is 1. The number of anilines is 2. The largest absolute Gasteiger partial charge is 0.381 e. The lowest BCUT2D eigenvalue weighted by Gasteiger charge is -2.31. The first-order valence-corrected chi connectivity index (χ1v) is 9.50. The van der Waals surface area contributed by atoms with Crippen LogP contribution in [0.3, 0.4) is 0 Å². The molecule has 1 aromatic carbocycles. The summed E-state index contributed by atoms with van der Waals surface area (Å²) in [6.45, 7) is 2.26. The standard InChI is InChI=1S/C15H21F2N3O4S/c1-2-7-25(22,23)20-13-9-12(10(16)8-11(13)17)19-14(21)15(18)3-5-24-6-4-15/h8-9,20H,2-7,18H2,1H3,(H,19,21). The number of nitrogens with one attached hydrogen (secondary N) is 2. The molecule has 1 heterocycles. The van der Waals surface area contributed by atoms with Crippen molar-refractivity contribution in [3.8, 4) is 0 Å². The van der Waals surface area contributed by atoms with Crippen LogP contribution in [0, 0.1) is 11.6 Å². The van der Waals surface area contributed by atoms with E-state index in [0.717, 1.165) is 6.07 Å². The zero-order valence-electron chi connectivity index (χ0n) is 13.8. The van der Waals surface area contributed by atoms with Crippen LogP contribution in [0.4, 0.5) is 20.2 Å². The van der Waals surface area contributed by atoms with Gasteiger partial charge < -0.3 is 15.8 Å². The molecule has 2 rings (SSSR count). The van der Waals surface area contributed by atoms with E-state index in [4.69, 9.17) is 10.5 Å². The van der Waals surface area contributed by atoms with Crippen LogP contribution in [0.2, 0.25) is 0 Å². The van der Waals surface area contributed by atoms with Gasteiger partial charge in [0.05, 0.1) is 17.1 Å². The molecule has 1 amide bonds. The Morgan fingerprint density at radius 2 is 1.84 bits per heavy atom. The fourth-order valence-electron chi connectivity index (χ4n) is 2.42. The van der Waals surface area contributed by atoms with Gasteiger partial charge in [0.2, 0.25) is 15.9 Å². The summed E-state index contributed by atoms with van der Waals surface area (Å²) in [5.41, 5.74) is 4.00. The highest BCUT2D eigenvalue weighted by atomic mass is 32.2.